The predicted octanol–water partition coefficient (Wildman–Crippen LogP) is 4.34. The normalized spacial score (nSPS) is 26.2. The van der Waals surface area contributed by atoms with Crippen LogP contribution in [0.1, 0.15) is 60.3 Å². The molecular weight excluding hydrogens is 268 g/mol. The summed E-state index contributed by atoms with van der Waals surface area (Å²) in [4.78, 5) is 11.2. The van der Waals surface area contributed by atoms with E-state index in [0.717, 1.165) is 12.2 Å². The third kappa shape index (κ3) is 6.21. The van der Waals surface area contributed by atoms with Crippen molar-refractivity contribution >= 4 is 17.8 Å². The monoisotopic (exact) mass is 300 g/mol. The van der Waals surface area contributed by atoms with E-state index in [1.54, 1.807) is 0 Å². The minimum Gasteiger partial charge on any atom is -0.332 e. The molecule has 2 saturated heterocycles. The van der Waals surface area contributed by atoms with Gasteiger partial charge in [-0.15, -0.1) is 6.58 Å². The minimum atomic E-state index is 0.0160. The second-order valence-electron chi connectivity index (χ2n) is 4.82. The molecule has 0 saturated carbocycles. The molecule has 118 valence electrons. The number of hydrogen-bond acceptors (Lipinski definition) is 2. The van der Waals surface area contributed by atoms with Crippen LogP contribution < -0.4 is 10.6 Å². The molecule has 2 aliphatic heterocycles. The quantitative estimate of drug-likeness (QED) is 0.450. The van der Waals surface area contributed by atoms with Crippen LogP contribution in [-0.4, -0.2) is 29.1 Å². The minimum absolute atomic E-state index is 0.0160. The topological polar surface area (TPSA) is 41.1 Å². The molecule has 0 aromatic rings. The first kappa shape index (κ1) is 19.4. The molecule has 2 amide bonds. The van der Waals surface area contributed by atoms with Gasteiger partial charge in [0, 0.05) is 11.0 Å². The first-order valence-electron chi connectivity index (χ1n) is 8.00. The molecular formula is C16H32N2OS. The summed E-state index contributed by atoms with van der Waals surface area (Å²) in [5, 5.41) is 6.60. The lowest BCUT2D eigenvalue weighted by Gasteiger charge is -2.16. The van der Waals surface area contributed by atoms with Crippen molar-refractivity contribution < 1.29 is 4.79 Å². The van der Waals surface area contributed by atoms with Crippen molar-refractivity contribution in [3.8, 4) is 0 Å². The third-order valence-electron chi connectivity index (χ3n) is 3.28. The van der Waals surface area contributed by atoms with E-state index in [0.29, 0.717) is 17.3 Å². The second kappa shape index (κ2) is 11.1. The number of nitrogens with one attached hydrogen (secondary N) is 2. The largest absolute Gasteiger partial charge is 0.332 e. The standard InChI is InChI=1S/C12H20N2OS.2C2H6/c1-8(2)5-3-4-6-10-11-9(7-16-10)13-12(15)14-11;2*1-2/h9-11H,1,3-7H2,2H3,(H2,13,14,15);2*1-2H3. The van der Waals surface area contributed by atoms with E-state index < -0.39 is 0 Å². The van der Waals surface area contributed by atoms with Gasteiger partial charge < -0.3 is 10.6 Å². The first-order valence-corrected chi connectivity index (χ1v) is 9.04. The maximum atomic E-state index is 11.2. The molecule has 3 nitrogen and oxygen atoms in total. The highest BCUT2D eigenvalue weighted by molar-refractivity contribution is 8.00. The predicted molar refractivity (Wildman–Crippen MR) is 91.5 cm³/mol. The van der Waals surface area contributed by atoms with Gasteiger partial charge in [0.05, 0.1) is 12.1 Å². The molecule has 2 rings (SSSR count). The lowest BCUT2D eigenvalue weighted by atomic mass is 10.0. The Kier molecular flexibility index (Phi) is 10.7. The van der Waals surface area contributed by atoms with Gasteiger partial charge in [-0.3, -0.25) is 0 Å². The molecule has 0 aromatic carbocycles. The SMILES string of the molecule is C=C(C)CCCCC1SCC2NC(=O)NC21.CC.CC. The van der Waals surface area contributed by atoms with Crippen molar-refractivity contribution in [1.29, 1.82) is 0 Å². The van der Waals surface area contributed by atoms with E-state index in [1.165, 1.54) is 24.8 Å². The molecule has 2 N–H and O–H groups in total. The van der Waals surface area contributed by atoms with Crippen molar-refractivity contribution in [2.24, 2.45) is 0 Å². The highest BCUT2D eigenvalue weighted by Gasteiger charge is 2.42. The van der Waals surface area contributed by atoms with Crippen LogP contribution in [0.25, 0.3) is 0 Å². The first-order chi connectivity index (χ1) is 9.66. The van der Waals surface area contributed by atoms with Gasteiger partial charge in [0.15, 0.2) is 0 Å². The number of carbonyl (C=O) groups is 1. The van der Waals surface area contributed by atoms with Gasteiger partial charge in [-0.25, -0.2) is 4.79 Å². The van der Waals surface area contributed by atoms with E-state index in [4.69, 9.17) is 0 Å². The summed E-state index contributed by atoms with van der Waals surface area (Å²) in [5.74, 6) is 1.06. The number of allylic oxidation sites excluding steroid dienone is 1. The lowest BCUT2D eigenvalue weighted by Crippen LogP contribution is -2.36. The second-order valence-corrected chi connectivity index (χ2v) is 6.10. The van der Waals surface area contributed by atoms with Gasteiger partial charge in [0.2, 0.25) is 0 Å². The summed E-state index contributed by atoms with van der Waals surface area (Å²) in [7, 11) is 0. The maximum Gasteiger partial charge on any atom is 0.315 e. The average Bonchev–Trinajstić information content (AvgIpc) is 2.99. The van der Waals surface area contributed by atoms with E-state index >= 15 is 0 Å². The Morgan fingerprint density at radius 2 is 1.90 bits per heavy atom. The van der Waals surface area contributed by atoms with Gasteiger partial charge in [-0.05, 0) is 26.2 Å². The fraction of sp³-hybridized carbons (Fsp3) is 0.812. The molecule has 3 atom stereocenters. The highest BCUT2D eigenvalue weighted by atomic mass is 32.2. The van der Waals surface area contributed by atoms with Crippen LogP contribution in [0.5, 0.6) is 0 Å². The Morgan fingerprint density at radius 3 is 2.50 bits per heavy atom. The maximum absolute atomic E-state index is 11.2. The zero-order chi connectivity index (χ0) is 15.5. The Labute approximate surface area is 129 Å². The number of amides is 2. The van der Waals surface area contributed by atoms with Crippen LogP contribution in [0.2, 0.25) is 0 Å². The van der Waals surface area contributed by atoms with E-state index in [9.17, 15) is 4.79 Å². The van der Waals surface area contributed by atoms with Crippen LogP contribution in [0.15, 0.2) is 12.2 Å². The fourth-order valence-electron chi connectivity index (χ4n) is 2.42. The molecule has 0 spiro atoms. The zero-order valence-electron chi connectivity index (χ0n) is 13.8. The summed E-state index contributed by atoms with van der Waals surface area (Å²) in [6.45, 7) is 14.0. The smallest absolute Gasteiger partial charge is 0.315 e. The van der Waals surface area contributed by atoms with Crippen LogP contribution in [0.4, 0.5) is 4.79 Å². The zero-order valence-corrected chi connectivity index (χ0v) is 14.6. The van der Waals surface area contributed by atoms with Crippen molar-refractivity contribution in [1.82, 2.24) is 10.6 Å². The third-order valence-corrected chi connectivity index (χ3v) is 4.79. The summed E-state index contributed by atoms with van der Waals surface area (Å²) >= 11 is 2.00. The van der Waals surface area contributed by atoms with Gasteiger partial charge >= 0.3 is 6.03 Å². The van der Waals surface area contributed by atoms with Gasteiger partial charge in [-0.1, -0.05) is 39.7 Å². The molecule has 0 radical (unpaired) electrons. The lowest BCUT2D eigenvalue weighted by molar-refractivity contribution is 0.247. The number of fused-ring (bicyclic) bond motifs is 1. The Morgan fingerprint density at radius 1 is 1.25 bits per heavy atom. The van der Waals surface area contributed by atoms with E-state index in [-0.39, 0.29) is 6.03 Å². The summed E-state index contributed by atoms with van der Waals surface area (Å²) in [6.07, 6.45) is 4.81. The number of carbonyl (C=O) groups excluding carboxylic acids is 1. The van der Waals surface area contributed by atoms with Crippen molar-refractivity contribution in [2.75, 3.05) is 5.75 Å². The van der Waals surface area contributed by atoms with Crippen LogP contribution in [-0.2, 0) is 0 Å². The number of rotatable bonds is 5. The molecule has 2 fully saturated rings. The average molecular weight is 301 g/mol. The molecule has 0 aliphatic carbocycles. The summed E-state index contributed by atoms with van der Waals surface area (Å²) in [5.41, 5.74) is 1.27. The van der Waals surface area contributed by atoms with Crippen molar-refractivity contribution in [3.63, 3.8) is 0 Å². The van der Waals surface area contributed by atoms with Gasteiger partial charge in [-0.2, -0.15) is 11.8 Å². The van der Waals surface area contributed by atoms with E-state index in [1.807, 2.05) is 39.5 Å². The van der Waals surface area contributed by atoms with Crippen molar-refractivity contribution in [3.05, 3.63) is 12.2 Å². The number of urea groups is 1. The number of unbranched alkanes of at least 4 members (excludes halogenated alkanes) is 1. The molecule has 2 heterocycles. The molecule has 4 heteroatoms. The molecule has 0 bridgehead atoms. The van der Waals surface area contributed by atoms with Gasteiger partial charge in [0.25, 0.3) is 0 Å². The summed E-state index contributed by atoms with van der Waals surface area (Å²) < 4.78 is 0. The van der Waals surface area contributed by atoms with Crippen LogP contribution in [0, 0.1) is 0 Å². The van der Waals surface area contributed by atoms with E-state index in [2.05, 4.69) is 24.1 Å². The number of thioether (sulfide) groups is 1. The fourth-order valence-corrected chi connectivity index (χ4v) is 3.96. The molecule has 3 unspecified atom stereocenters. The Balaban J connectivity index is 0.000000829. The van der Waals surface area contributed by atoms with Crippen molar-refractivity contribution in [2.45, 2.75) is 77.6 Å². The van der Waals surface area contributed by atoms with Gasteiger partial charge in [0.1, 0.15) is 0 Å². The van der Waals surface area contributed by atoms with Crippen LogP contribution >= 0.6 is 11.8 Å². The molecule has 20 heavy (non-hydrogen) atoms. The molecule has 2 aliphatic rings. The van der Waals surface area contributed by atoms with Crippen LogP contribution in [0.3, 0.4) is 0 Å². The number of hydrogen-bond donors (Lipinski definition) is 2. The Hall–Kier alpha value is -0.640. The Bertz CT molecular complexity index is 294. The molecule has 0 aromatic heterocycles. The highest BCUT2D eigenvalue weighted by Crippen LogP contribution is 2.33. The summed E-state index contributed by atoms with van der Waals surface area (Å²) in [6, 6.07) is 0.744.